The average molecular weight is 280 g/mol. The van der Waals surface area contributed by atoms with Crippen LogP contribution < -0.4 is 0 Å². The molecule has 0 saturated carbocycles. The fourth-order valence-electron chi connectivity index (χ4n) is 2.02. The molecule has 0 aliphatic heterocycles. The Morgan fingerprint density at radius 2 is 1.95 bits per heavy atom. The van der Waals surface area contributed by atoms with Crippen molar-refractivity contribution in [1.29, 1.82) is 0 Å². The lowest BCUT2D eigenvalue weighted by molar-refractivity contribution is 0.171. The molecule has 1 atom stereocenters. The van der Waals surface area contributed by atoms with Gasteiger partial charge in [0.05, 0.1) is 11.8 Å². The lowest BCUT2D eigenvalue weighted by Crippen LogP contribution is -2.08. The van der Waals surface area contributed by atoms with E-state index in [1.165, 1.54) is 6.07 Å². The Hall–Kier alpha value is -1.75. The minimum Gasteiger partial charge on any atom is -0.388 e. The Morgan fingerprint density at radius 1 is 1.25 bits per heavy atom. The first-order chi connectivity index (χ1) is 9.38. The maximum absolute atomic E-state index is 13.7. The molecule has 0 aliphatic rings. The van der Waals surface area contributed by atoms with Gasteiger partial charge in [0.2, 0.25) is 0 Å². The van der Waals surface area contributed by atoms with Crippen molar-refractivity contribution in [3.63, 3.8) is 0 Å². The van der Waals surface area contributed by atoms with Gasteiger partial charge in [0.25, 0.3) is 0 Å². The molecule has 5 heteroatoms. The van der Waals surface area contributed by atoms with Gasteiger partial charge in [-0.15, -0.1) is 0 Å². The van der Waals surface area contributed by atoms with Gasteiger partial charge in [-0.05, 0) is 38.5 Å². The van der Waals surface area contributed by atoms with Crippen LogP contribution in [0.15, 0.2) is 24.4 Å². The van der Waals surface area contributed by atoms with Crippen LogP contribution in [-0.4, -0.2) is 14.9 Å². The summed E-state index contributed by atoms with van der Waals surface area (Å²) in [6, 6.07) is 4.16. The van der Waals surface area contributed by atoms with E-state index in [9.17, 15) is 13.9 Å². The quantitative estimate of drug-likeness (QED) is 0.933. The van der Waals surface area contributed by atoms with E-state index < -0.39 is 17.7 Å². The normalized spacial score (nSPS) is 12.9. The summed E-state index contributed by atoms with van der Waals surface area (Å²) < 4.78 is 28.7. The lowest BCUT2D eigenvalue weighted by atomic mass is 10.0. The van der Waals surface area contributed by atoms with E-state index >= 15 is 0 Å². The number of aliphatic hydroxyl groups excluding tert-OH is 1. The SMILES string of the molecule is Cc1cc(C(O)Cc2ccn(C(C)C)n2)c(F)cc1F. The Labute approximate surface area is 116 Å². The molecule has 1 heterocycles. The molecule has 1 aromatic heterocycles. The fourth-order valence-corrected chi connectivity index (χ4v) is 2.02. The first kappa shape index (κ1) is 14.7. The zero-order chi connectivity index (χ0) is 14.9. The highest BCUT2D eigenvalue weighted by molar-refractivity contribution is 5.28. The smallest absolute Gasteiger partial charge is 0.131 e. The molecule has 1 N–H and O–H groups in total. The number of rotatable bonds is 4. The van der Waals surface area contributed by atoms with E-state index in [0.717, 1.165) is 6.07 Å². The third-order valence-corrected chi connectivity index (χ3v) is 3.23. The van der Waals surface area contributed by atoms with Gasteiger partial charge in [0.1, 0.15) is 11.6 Å². The minimum absolute atomic E-state index is 0.1000. The molecule has 0 amide bonds. The summed E-state index contributed by atoms with van der Waals surface area (Å²) in [5.41, 5.74) is 1.09. The predicted octanol–water partition coefficient (Wildman–Crippen LogP) is 3.33. The Bertz CT molecular complexity index is 608. The molecule has 0 saturated heterocycles. The number of aliphatic hydroxyl groups is 1. The second-order valence-electron chi connectivity index (χ2n) is 5.22. The van der Waals surface area contributed by atoms with E-state index in [4.69, 9.17) is 0 Å². The highest BCUT2D eigenvalue weighted by Gasteiger charge is 2.17. The molecular formula is C15H18F2N2O. The first-order valence-electron chi connectivity index (χ1n) is 6.56. The van der Waals surface area contributed by atoms with Crippen molar-refractivity contribution in [2.24, 2.45) is 0 Å². The molecule has 108 valence electrons. The van der Waals surface area contributed by atoms with Gasteiger partial charge >= 0.3 is 0 Å². The molecule has 2 aromatic rings. The van der Waals surface area contributed by atoms with Crippen LogP contribution in [0.4, 0.5) is 8.78 Å². The maximum Gasteiger partial charge on any atom is 0.131 e. The third-order valence-electron chi connectivity index (χ3n) is 3.23. The van der Waals surface area contributed by atoms with Gasteiger partial charge < -0.3 is 5.11 Å². The highest BCUT2D eigenvalue weighted by atomic mass is 19.1. The van der Waals surface area contributed by atoms with Crippen LogP contribution in [0, 0.1) is 18.6 Å². The molecule has 20 heavy (non-hydrogen) atoms. The summed E-state index contributed by atoms with van der Waals surface area (Å²) in [7, 11) is 0. The Morgan fingerprint density at radius 3 is 2.55 bits per heavy atom. The van der Waals surface area contributed by atoms with Crippen molar-refractivity contribution in [2.75, 3.05) is 0 Å². The second-order valence-corrected chi connectivity index (χ2v) is 5.22. The Balaban J connectivity index is 2.19. The summed E-state index contributed by atoms with van der Waals surface area (Å²) in [4.78, 5) is 0. The number of nitrogens with zero attached hydrogens (tertiary/aromatic N) is 2. The van der Waals surface area contributed by atoms with Crippen molar-refractivity contribution >= 4 is 0 Å². The number of halogens is 2. The van der Waals surface area contributed by atoms with Crippen molar-refractivity contribution in [2.45, 2.75) is 39.3 Å². The molecule has 1 aromatic carbocycles. The van der Waals surface area contributed by atoms with Crippen molar-refractivity contribution in [3.8, 4) is 0 Å². The van der Waals surface area contributed by atoms with Crippen LogP contribution in [0.3, 0.4) is 0 Å². The molecule has 0 spiro atoms. The first-order valence-corrected chi connectivity index (χ1v) is 6.56. The van der Waals surface area contributed by atoms with Gasteiger partial charge in [-0.1, -0.05) is 0 Å². The van der Waals surface area contributed by atoms with Gasteiger partial charge in [-0.25, -0.2) is 8.78 Å². The van der Waals surface area contributed by atoms with E-state index in [-0.39, 0.29) is 18.0 Å². The van der Waals surface area contributed by atoms with Crippen molar-refractivity contribution in [3.05, 3.63) is 52.9 Å². The molecule has 0 bridgehead atoms. The van der Waals surface area contributed by atoms with E-state index in [1.807, 2.05) is 20.0 Å². The van der Waals surface area contributed by atoms with E-state index in [1.54, 1.807) is 17.7 Å². The van der Waals surface area contributed by atoms with Crippen LogP contribution in [0.5, 0.6) is 0 Å². The number of aromatic nitrogens is 2. The van der Waals surface area contributed by atoms with E-state index in [0.29, 0.717) is 11.3 Å². The minimum atomic E-state index is -1.04. The molecule has 3 nitrogen and oxygen atoms in total. The fraction of sp³-hybridized carbons (Fsp3) is 0.400. The van der Waals surface area contributed by atoms with Crippen molar-refractivity contribution in [1.82, 2.24) is 9.78 Å². The van der Waals surface area contributed by atoms with E-state index in [2.05, 4.69) is 5.10 Å². The zero-order valence-electron chi connectivity index (χ0n) is 11.8. The van der Waals surface area contributed by atoms with Crippen LogP contribution in [0.1, 0.15) is 42.8 Å². The van der Waals surface area contributed by atoms with Gasteiger partial charge in [0.15, 0.2) is 0 Å². The van der Waals surface area contributed by atoms with Gasteiger partial charge in [0, 0.05) is 30.3 Å². The monoisotopic (exact) mass is 280 g/mol. The lowest BCUT2D eigenvalue weighted by Gasteiger charge is -2.12. The van der Waals surface area contributed by atoms with Crippen LogP contribution in [-0.2, 0) is 6.42 Å². The molecule has 2 rings (SSSR count). The number of aryl methyl sites for hydroxylation is 1. The molecule has 0 aliphatic carbocycles. The van der Waals surface area contributed by atoms with Crippen LogP contribution in [0.25, 0.3) is 0 Å². The number of hydrogen-bond acceptors (Lipinski definition) is 2. The largest absolute Gasteiger partial charge is 0.388 e. The summed E-state index contributed by atoms with van der Waals surface area (Å²) in [5, 5.41) is 14.4. The highest BCUT2D eigenvalue weighted by Crippen LogP contribution is 2.23. The van der Waals surface area contributed by atoms with Crippen LogP contribution >= 0.6 is 0 Å². The molecular weight excluding hydrogens is 262 g/mol. The second kappa shape index (κ2) is 5.71. The predicted molar refractivity (Wildman–Crippen MR) is 72.4 cm³/mol. The number of hydrogen-bond donors (Lipinski definition) is 1. The Kier molecular flexibility index (Phi) is 4.18. The summed E-state index contributed by atoms with van der Waals surface area (Å²) >= 11 is 0. The van der Waals surface area contributed by atoms with Gasteiger partial charge in [-0.3, -0.25) is 4.68 Å². The standard InChI is InChI=1S/C15H18F2N2O/c1-9(2)19-5-4-11(18-19)7-15(20)12-6-10(3)13(16)8-14(12)17/h4-6,8-9,15,20H,7H2,1-3H3. The number of benzene rings is 1. The summed E-state index contributed by atoms with van der Waals surface area (Å²) in [6.45, 7) is 5.53. The summed E-state index contributed by atoms with van der Waals surface area (Å²) in [5.74, 6) is -1.34. The average Bonchev–Trinajstić information content (AvgIpc) is 2.82. The summed E-state index contributed by atoms with van der Waals surface area (Å²) in [6.07, 6.45) is 0.977. The van der Waals surface area contributed by atoms with Crippen molar-refractivity contribution < 1.29 is 13.9 Å². The third kappa shape index (κ3) is 3.04. The topological polar surface area (TPSA) is 38.0 Å². The van der Waals surface area contributed by atoms with Gasteiger partial charge in [-0.2, -0.15) is 5.10 Å². The molecule has 0 fully saturated rings. The maximum atomic E-state index is 13.7. The zero-order valence-corrected chi connectivity index (χ0v) is 11.8. The van der Waals surface area contributed by atoms with Crippen LogP contribution in [0.2, 0.25) is 0 Å². The molecule has 1 unspecified atom stereocenters. The molecule has 0 radical (unpaired) electrons.